The van der Waals surface area contributed by atoms with Crippen molar-refractivity contribution in [2.24, 2.45) is 0 Å². The van der Waals surface area contributed by atoms with E-state index in [2.05, 4.69) is 17.2 Å². The SMILES string of the molecule is CC(C)N(Cl)CCCC(=O)O.CC(C)NCCCC(=O)O.[Na+].[O-]Cl. The predicted octanol–water partition coefficient (Wildman–Crippen LogP) is -0.931. The van der Waals surface area contributed by atoms with E-state index in [1.807, 2.05) is 27.7 Å². The fourth-order valence-electron chi connectivity index (χ4n) is 1.27. The van der Waals surface area contributed by atoms with Crippen LogP contribution in [0.15, 0.2) is 0 Å². The van der Waals surface area contributed by atoms with Crippen molar-refractivity contribution in [3.63, 3.8) is 0 Å². The smallest absolute Gasteiger partial charge is 0.769 e. The normalized spacial score (nSPS) is 9.58. The zero-order valence-corrected chi connectivity index (χ0v) is 18.7. The van der Waals surface area contributed by atoms with Gasteiger partial charge in [-0.05, 0) is 45.0 Å². The molecular formula is C14H29Cl2N2NaO5. The number of carbonyl (C=O) groups is 2. The van der Waals surface area contributed by atoms with Gasteiger partial charge < -0.3 is 20.2 Å². The van der Waals surface area contributed by atoms with E-state index in [4.69, 9.17) is 26.6 Å². The van der Waals surface area contributed by atoms with Crippen LogP contribution in [0.5, 0.6) is 0 Å². The Kier molecular flexibility index (Phi) is 31.3. The van der Waals surface area contributed by atoms with E-state index in [-0.39, 0.29) is 48.4 Å². The van der Waals surface area contributed by atoms with Crippen molar-refractivity contribution in [3.05, 3.63) is 0 Å². The quantitative estimate of drug-likeness (QED) is 0.247. The first-order valence-corrected chi connectivity index (χ1v) is 8.06. The fourth-order valence-corrected chi connectivity index (χ4v) is 1.39. The number of nitrogens with one attached hydrogen (secondary N) is 1. The van der Waals surface area contributed by atoms with Crippen LogP contribution in [-0.4, -0.2) is 51.7 Å². The Bertz CT molecular complexity index is 298. The van der Waals surface area contributed by atoms with Crippen molar-refractivity contribution in [3.8, 4) is 0 Å². The minimum Gasteiger partial charge on any atom is -0.769 e. The van der Waals surface area contributed by atoms with Crippen molar-refractivity contribution in [1.29, 1.82) is 0 Å². The molecule has 0 bridgehead atoms. The number of aliphatic carboxylic acids is 2. The molecule has 0 saturated heterocycles. The van der Waals surface area contributed by atoms with Gasteiger partial charge in [0, 0.05) is 31.5 Å². The van der Waals surface area contributed by atoms with Crippen LogP contribution < -0.4 is 39.5 Å². The van der Waals surface area contributed by atoms with Gasteiger partial charge in [-0.2, -0.15) is 0 Å². The summed E-state index contributed by atoms with van der Waals surface area (Å²) >= 11 is 9.13. The van der Waals surface area contributed by atoms with Gasteiger partial charge in [0.05, 0.1) is 0 Å². The zero-order valence-electron chi connectivity index (χ0n) is 15.2. The molecule has 140 valence electrons. The summed E-state index contributed by atoms with van der Waals surface area (Å²) in [6, 6.07) is 0.722. The average molecular weight is 399 g/mol. The van der Waals surface area contributed by atoms with E-state index in [0.29, 0.717) is 25.4 Å². The molecule has 3 N–H and O–H groups in total. The number of hydrogen-bond acceptors (Lipinski definition) is 5. The molecule has 0 saturated carbocycles. The molecule has 0 aliphatic rings. The van der Waals surface area contributed by atoms with Crippen LogP contribution in [0.3, 0.4) is 0 Å². The number of carboxylic acids is 2. The molecule has 0 aliphatic carbocycles. The molecule has 0 fully saturated rings. The van der Waals surface area contributed by atoms with E-state index in [9.17, 15) is 9.59 Å². The minimum absolute atomic E-state index is 0. The molecule has 7 nitrogen and oxygen atoms in total. The van der Waals surface area contributed by atoms with Crippen molar-refractivity contribution in [1.82, 2.24) is 9.74 Å². The second-order valence-electron chi connectivity index (χ2n) is 5.32. The largest absolute Gasteiger partial charge is 1.00 e. The molecule has 0 aliphatic heterocycles. The van der Waals surface area contributed by atoms with Gasteiger partial charge in [0.15, 0.2) is 0 Å². The maximum atomic E-state index is 10.1. The number of nitrogens with zero attached hydrogens (tertiary/aromatic N) is 1. The third-order valence-electron chi connectivity index (χ3n) is 2.44. The van der Waals surface area contributed by atoms with Crippen LogP contribution in [0.25, 0.3) is 0 Å². The summed E-state index contributed by atoms with van der Waals surface area (Å²) in [5.41, 5.74) is 0. The van der Waals surface area contributed by atoms with Crippen LogP contribution in [0.2, 0.25) is 0 Å². The van der Waals surface area contributed by atoms with Gasteiger partial charge in [0.1, 0.15) is 0 Å². The third-order valence-corrected chi connectivity index (χ3v) is 3.00. The van der Waals surface area contributed by atoms with Crippen LogP contribution in [0.4, 0.5) is 0 Å². The molecule has 0 atom stereocenters. The van der Waals surface area contributed by atoms with Crippen LogP contribution in [-0.2, 0) is 9.59 Å². The summed E-state index contributed by atoms with van der Waals surface area (Å²) in [5.74, 6) is -1.48. The Labute approximate surface area is 177 Å². The standard InChI is InChI=1S/C7H14ClNO2.C7H15NO2.ClO.Na/c1-6(2)9(8)5-3-4-7(10)11;1-6(2)8-5-3-4-7(9)10;1-2;/h6H,3-5H2,1-2H3,(H,10,11);6,8H,3-5H2,1-2H3,(H,9,10);;/q;;-1;+1. The first-order valence-electron chi connectivity index (χ1n) is 7.41. The van der Waals surface area contributed by atoms with Crippen LogP contribution >= 0.6 is 23.6 Å². The molecule has 0 aromatic carbocycles. The minimum atomic E-state index is -0.765. The number of carboxylic acid groups (broad SMARTS) is 2. The molecule has 0 aromatic heterocycles. The van der Waals surface area contributed by atoms with Gasteiger partial charge in [-0.25, -0.2) is 16.3 Å². The summed E-state index contributed by atoms with van der Waals surface area (Å²) < 4.78 is 9.34. The Morgan fingerprint density at radius 1 is 1.04 bits per heavy atom. The summed E-state index contributed by atoms with van der Waals surface area (Å²) in [5, 5.41) is 19.7. The summed E-state index contributed by atoms with van der Waals surface area (Å²) in [7, 11) is 0. The molecule has 0 unspecified atom stereocenters. The van der Waals surface area contributed by atoms with Gasteiger partial charge >= 0.3 is 41.5 Å². The first kappa shape index (κ1) is 32.1. The molecule has 0 spiro atoms. The van der Waals surface area contributed by atoms with E-state index in [0.717, 1.165) is 6.54 Å². The molecular weight excluding hydrogens is 370 g/mol. The Morgan fingerprint density at radius 2 is 1.46 bits per heavy atom. The first-order chi connectivity index (χ1) is 10.7. The summed E-state index contributed by atoms with van der Waals surface area (Å²) in [4.78, 5) is 20.1. The van der Waals surface area contributed by atoms with Gasteiger partial charge in [-0.3, -0.25) is 9.59 Å². The zero-order chi connectivity index (χ0) is 18.8. The maximum Gasteiger partial charge on any atom is 1.00 e. The fraction of sp³-hybridized carbons (Fsp3) is 0.857. The molecule has 0 rings (SSSR count). The van der Waals surface area contributed by atoms with Crippen molar-refractivity contribution in [2.75, 3.05) is 13.1 Å². The Morgan fingerprint density at radius 3 is 1.79 bits per heavy atom. The van der Waals surface area contributed by atoms with Crippen molar-refractivity contribution < 1.29 is 54.0 Å². The van der Waals surface area contributed by atoms with Crippen molar-refractivity contribution >= 4 is 35.6 Å². The van der Waals surface area contributed by atoms with Crippen LogP contribution in [0.1, 0.15) is 53.4 Å². The van der Waals surface area contributed by atoms with Crippen molar-refractivity contribution in [2.45, 2.75) is 65.5 Å². The second kappa shape index (κ2) is 23.4. The van der Waals surface area contributed by atoms with Crippen LogP contribution in [0, 0.1) is 0 Å². The van der Waals surface area contributed by atoms with E-state index < -0.39 is 11.9 Å². The van der Waals surface area contributed by atoms with E-state index >= 15 is 0 Å². The second-order valence-corrected chi connectivity index (χ2v) is 5.75. The molecule has 0 amide bonds. The van der Waals surface area contributed by atoms with Gasteiger partial charge in [0.25, 0.3) is 0 Å². The molecule has 10 heteroatoms. The molecule has 0 heterocycles. The summed E-state index contributed by atoms with van der Waals surface area (Å²) in [6.07, 6.45) is 1.78. The van der Waals surface area contributed by atoms with Gasteiger partial charge in [-0.15, -0.1) is 0 Å². The topological polar surface area (TPSA) is 113 Å². The molecule has 0 radical (unpaired) electrons. The number of hydrogen-bond donors (Lipinski definition) is 3. The van der Waals surface area contributed by atoms with Gasteiger partial charge in [0.2, 0.25) is 0 Å². The Hall–Kier alpha value is 0.400. The monoisotopic (exact) mass is 398 g/mol. The Balaban J connectivity index is -0.000000146. The number of halogens is 2. The van der Waals surface area contributed by atoms with E-state index in [1.165, 1.54) is 0 Å². The average Bonchev–Trinajstić information content (AvgIpc) is 2.45. The maximum absolute atomic E-state index is 10.1. The number of rotatable bonds is 10. The third kappa shape index (κ3) is 33.9. The predicted molar refractivity (Wildman–Crippen MR) is 90.4 cm³/mol. The van der Waals surface area contributed by atoms with E-state index in [1.54, 1.807) is 4.42 Å². The molecule has 24 heavy (non-hydrogen) atoms. The summed E-state index contributed by atoms with van der Waals surface area (Å²) in [6.45, 7) is 9.44. The van der Waals surface area contributed by atoms with Gasteiger partial charge in [-0.1, -0.05) is 13.8 Å². The molecule has 0 aromatic rings.